The number of benzene rings is 6. The Morgan fingerprint density at radius 1 is 0.610 bits per heavy atom. The molecule has 18 bridgehead atoms. The van der Waals surface area contributed by atoms with Crippen LogP contribution in [-0.2, 0) is 43.1 Å². The molecule has 0 spiro atoms. The van der Waals surface area contributed by atoms with Crippen molar-refractivity contribution < 1.29 is 112 Å². The summed E-state index contributed by atoms with van der Waals surface area (Å²) in [6.45, 7) is 5.96. The summed E-state index contributed by atoms with van der Waals surface area (Å²) in [5.74, 6) is -12.6. The number of phenols is 2. The lowest BCUT2D eigenvalue weighted by Gasteiger charge is -2.54. The topological polar surface area (TPSA) is 531 Å². The van der Waals surface area contributed by atoms with Gasteiger partial charge in [-0.25, -0.2) is 0 Å². The van der Waals surface area contributed by atoms with Gasteiger partial charge in [-0.3, -0.25) is 48.5 Å². The van der Waals surface area contributed by atoms with Crippen LogP contribution >= 0.6 is 11.6 Å². The van der Waals surface area contributed by atoms with Gasteiger partial charge in [-0.15, -0.1) is 0 Å². The second kappa shape index (κ2) is 35.0. The fraction of sp³-hybridized carbons (Fsp3) is 0.458. The van der Waals surface area contributed by atoms with Gasteiger partial charge in [0, 0.05) is 22.7 Å². The Kier molecular flexibility index (Phi) is 24.9. The molecule has 21 N–H and O–H groups in total. The summed E-state index contributed by atoms with van der Waals surface area (Å²) in [7, 11) is 1.46. The van der Waals surface area contributed by atoms with Crippen LogP contribution in [0.5, 0.6) is 51.7 Å². The molecule has 628 valence electrons. The molecule has 0 radical (unpaired) electrons. The number of nitrogens with two attached hydrogens (primary N) is 2. The third-order valence-corrected chi connectivity index (χ3v) is 23.6. The molecule has 6 aromatic rings. The Balaban J connectivity index is 0.948. The molecule has 9 amide bonds. The molecule has 4 saturated carbocycles. The summed E-state index contributed by atoms with van der Waals surface area (Å²) in [5.41, 5.74) is 9.99. The average molecular weight is 1650 g/mol. The van der Waals surface area contributed by atoms with E-state index in [0.29, 0.717) is 24.7 Å². The van der Waals surface area contributed by atoms with Crippen molar-refractivity contribution in [1.29, 1.82) is 0 Å². The van der Waals surface area contributed by atoms with Crippen molar-refractivity contribution in [2.75, 3.05) is 33.4 Å². The van der Waals surface area contributed by atoms with Crippen LogP contribution in [0.4, 0.5) is 0 Å². The van der Waals surface area contributed by atoms with E-state index in [9.17, 15) is 55.2 Å². The molecule has 35 heteroatoms. The van der Waals surface area contributed by atoms with E-state index in [-0.39, 0.29) is 140 Å². The molecule has 17 rings (SSSR count). The van der Waals surface area contributed by atoms with E-state index in [1.165, 1.54) is 85.9 Å². The van der Waals surface area contributed by atoms with Gasteiger partial charge in [0.1, 0.15) is 102 Å². The number of nitrogens with one attached hydrogen (secondary N) is 9. The maximum Gasteiger partial charge on any atom is 0.257 e. The van der Waals surface area contributed by atoms with E-state index < -0.39 is 179 Å². The lowest BCUT2D eigenvalue weighted by atomic mass is 9.54. The lowest BCUT2D eigenvalue weighted by Crippen LogP contribution is -2.60. The fourth-order valence-corrected chi connectivity index (χ4v) is 17.8. The molecular formula is C83H96ClN11O23. The minimum absolute atomic E-state index is 0.0452. The van der Waals surface area contributed by atoms with Crippen LogP contribution in [-0.4, -0.2) is 188 Å². The highest BCUT2D eigenvalue weighted by Crippen LogP contribution is 2.55. The first-order chi connectivity index (χ1) is 56.4. The normalized spacial score (nSPS) is 28.4. The maximum absolute atomic E-state index is 16.5. The largest absolute Gasteiger partial charge is 0.508 e. The van der Waals surface area contributed by atoms with Crippen LogP contribution in [0.15, 0.2) is 97.1 Å². The molecule has 1 unspecified atom stereocenters. The summed E-state index contributed by atoms with van der Waals surface area (Å²) in [6.07, 6.45) is -12.7. The molecule has 7 aliphatic heterocycles. The zero-order valence-electron chi connectivity index (χ0n) is 64.8. The standard InChI is InChI=1S/C83H96ClN11O23/c1-34(2)19-50(87-4)76(106)94-65-67(99)39-8-12-53-47(27-39)69(101)74-71(103)70(102)72(104)83(118-74)117-73-57(115-53)30-44-31-58(73)116-54-13-9-40(28-49(54)84)68(100)66-82(112)93-64(80(110)90-61-42-22-36-21-37(24-42)25-43(61)23-36)48-32-45(96)20-35(3)60(48)46-26-38(7-11-52(46)97)62(78(108)95-66)92-79(109)63(44)91-77(107)51(88-81(65)111)33-59(98)89-75(105)41-10-14-55(113-17-5-15-85)56(29-41)114-18-6-16-86/h7-14,20,26-32,34,36-37,42-43,50-51,61-72,74,83,87,96-97,99-104H,5-6,15-19,21-25,33,85-86H2,1-4H3,(H,88,111)(H,90,110)(H,91,107)(H,92,109)(H,93,112)(H,94,106)(H,95,108)(H,89,98,105)/t36?,37?,42?,43?,50-,51+,61?,62-,63-,64+,65-,66+,67-,68-,69?,70+,71+,72-,74-,83-/m1/s1. The van der Waals surface area contributed by atoms with E-state index in [1.54, 1.807) is 6.92 Å². The Morgan fingerprint density at radius 3 is 1.92 bits per heavy atom. The number of halogens is 1. The van der Waals surface area contributed by atoms with E-state index in [2.05, 4.69) is 47.9 Å². The van der Waals surface area contributed by atoms with Gasteiger partial charge in [0.2, 0.25) is 59.3 Å². The smallest absolute Gasteiger partial charge is 0.257 e. The zero-order valence-corrected chi connectivity index (χ0v) is 65.5. The molecule has 0 aromatic heterocycles. The number of aromatic hydroxyl groups is 2. The van der Waals surface area contributed by atoms with Crippen LogP contribution in [0.2, 0.25) is 5.02 Å². The van der Waals surface area contributed by atoms with E-state index >= 15 is 28.8 Å². The first-order valence-electron chi connectivity index (χ1n) is 39.4. The quantitative estimate of drug-likeness (QED) is 0.0550. The number of rotatable bonds is 18. The number of hydrogen-bond donors (Lipinski definition) is 19. The van der Waals surface area contributed by atoms with Crippen molar-refractivity contribution in [3.05, 3.63) is 147 Å². The summed E-state index contributed by atoms with van der Waals surface area (Å²) >= 11 is 7.20. The Hall–Kier alpha value is -10.8. The molecule has 15 atom stereocenters. The molecule has 1 saturated heterocycles. The van der Waals surface area contributed by atoms with Gasteiger partial charge < -0.3 is 123 Å². The highest BCUT2D eigenvalue weighted by atomic mass is 35.5. The van der Waals surface area contributed by atoms with Gasteiger partial charge in [0.05, 0.1) is 30.7 Å². The van der Waals surface area contributed by atoms with Crippen molar-refractivity contribution in [2.24, 2.45) is 41.1 Å². The second-order valence-electron chi connectivity index (χ2n) is 32.0. The zero-order chi connectivity index (χ0) is 84.0. The second-order valence-corrected chi connectivity index (χ2v) is 32.4. The number of ether oxygens (including phenoxy) is 6. The molecular weight excluding hydrogens is 1550 g/mol. The molecule has 6 aromatic carbocycles. The Bertz CT molecular complexity index is 4890. The Labute approximate surface area is 681 Å². The van der Waals surface area contributed by atoms with Gasteiger partial charge in [-0.1, -0.05) is 43.6 Å². The number of carbonyl (C=O) groups is 9. The van der Waals surface area contributed by atoms with E-state index in [4.69, 9.17) is 51.5 Å². The number of aryl methyl sites for hydroxylation is 1. The summed E-state index contributed by atoms with van der Waals surface area (Å²) < 4.78 is 37.8. The maximum atomic E-state index is 16.5. The first kappa shape index (κ1) is 83.7. The number of likely N-dealkylation sites (N-methyl/N-ethyl adjacent to an activating group) is 1. The minimum Gasteiger partial charge on any atom is -0.508 e. The van der Waals surface area contributed by atoms with Crippen molar-refractivity contribution in [1.82, 2.24) is 47.9 Å². The van der Waals surface area contributed by atoms with Crippen LogP contribution in [0.25, 0.3) is 11.1 Å². The van der Waals surface area contributed by atoms with Crippen LogP contribution in [0.3, 0.4) is 0 Å². The lowest BCUT2D eigenvalue weighted by molar-refractivity contribution is -0.290. The van der Waals surface area contributed by atoms with Gasteiger partial charge in [-0.2, -0.15) is 0 Å². The fourth-order valence-electron chi connectivity index (χ4n) is 17.6. The number of aliphatic hydroxyl groups excluding tert-OH is 6. The minimum atomic E-state index is -2.35. The first-order valence-corrected chi connectivity index (χ1v) is 39.8. The number of phenolic OH excluding ortho intramolecular Hbond substituents is 2. The SMILES string of the molecule is CN[C@H](CC(C)C)C(=O)N[C@H]1C(=O)N[C@@H](CC(=O)NC(=O)c2ccc(OCCCN)c(OCCCN)c2)C(=O)N[C@H]2C(=O)N[C@H]3C(=O)N[C@H](C(=O)N[C@H](C(=O)NC4C5CC6CC(C5)CC4C6)c4cc(O)cc(C)c4-c4cc3ccc4O)[C@H](O)c3ccc(c(Cl)c3)Oc3cc2cc2c3O[C@@H]3O[C@H](C(O)c4cc(ccc4O2)[C@H]1O)[C@@H](O)[C@H](O)[C@H]3O. The summed E-state index contributed by atoms with van der Waals surface area (Å²) in [4.78, 5) is 139. The van der Waals surface area contributed by atoms with Crippen molar-refractivity contribution in [3.63, 3.8) is 0 Å². The van der Waals surface area contributed by atoms with Crippen LogP contribution in [0, 0.1) is 36.5 Å². The number of imide groups is 1. The van der Waals surface area contributed by atoms with E-state index in [0.717, 1.165) is 50.3 Å². The van der Waals surface area contributed by atoms with Crippen molar-refractivity contribution >= 4 is 64.8 Å². The molecule has 4 aliphatic carbocycles. The monoisotopic (exact) mass is 1650 g/mol. The highest BCUT2D eigenvalue weighted by molar-refractivity contribution is 6.32. The van der Waals surface area contributed by atoms with Gasteiger partial charge in [0.25, 0.3) is 5.91 Å². The number of amides is 9. The predicted molar refractivity (Wildman–Crippen MR) is 418 cm³/mol. The number of hydrogen-bond acceptors (Lipinski definition) is 26. The van der Waals surface area contributed by atoms with E-state index in [1.807, 2.05) is 13.8 Å². The number of aliphatic hydroxyl groups is 6. The third kappa shape index (κ3) is 17.3. The Morgan fingerprint density at radius 2 is 1.25 bits per heavy atom. The molecule has 7 heterocycles. The molecule has 118 heavy (non-hydrogen) atoms. The van der Waals surface area contributed by atoms with Crippen LogP contribution in [0.1, 0.15) is 157 Å². The predicted octanol–water partition coefficient (Wildman–Crippen LogP) is 2.66. The van der Waals surface area contributed by atoms with Gasteiger partial charge in [-0.05, 0) is 226 Å². The number of fused-ring (bicyclic) bond motifs is 16. The van der Waals surface area contributed by atoms with Crippen molar-refractivity contribution in [3.8, 4) is 62.9 Å². The molecule has 11 aliphatic rings. The average Bonchev–Trinajstić information content (AvgIpc) is 0.758. The van der Waals surface area contributed by atoms with Gasteiger partial charge >= 0.3 is 0 Å². The molecule has 5 fully saturated rings. The highest BCUT2D eigenvalue weighted by Gasteiger charge is 2.53. The number of carbonyl (C=O) groups excluding carboxylic acids is 9. The summed E-state index contributed by atoms with van der Waals surface area (Å²) in [5, 5.41) is 121. The third-order valence-electron chi connectivity index (χ3n) is 23.3. The summed E-state index contributed by atoms with van der Waals surface area (Å²) in [6, 6.07) is 5.32. The van der Waals surface area contributed by atoms with Crippen molar-refractivity contribution in [2.45, 2.75) is 176 Å². The van der Waals surface area contributed by atoms with Crippen LogP contribution < -0.4 is 83.0 Å². The molecule has 34 nitrogen and oxygen atoms in total. The van der Waals surface area contributed by atoms with Gasteiger partial charge in [0.15, 0.2) is 23.0 Å².